The predicted octanol–water partition coefficient (Wildman–Crippen LogP) is 4.98. The zero-order valence-corrected chi connectivity index (χ0v) is 18.0. The molecule has 1 aromatic carbocycles. The first-order valence-electron chi connectivity index (χ1n) is 11.1. The summed E-state index contributed by atoms with van der Waals surface area (Å²) in [6.07, 6.45) is 11.0. The van der Waals surface area contributed by atoms with Gasteiger partial charge in [0.25, 0.3) is 0 Å². The van der Waals surface area contributed by atoms with Crippen LogP contribution < -0.4 is 9.47 Å². The summed E-state index contributed by atoms with van der Waals surface area (Å²) >= 11 is 0. The van der Waals surface area contributed by atoms with Crippen LogP contribution in [0.2, 0.25) is 0 Å². The van der Waals surface area contributed by atoms with E-state index in [1.807, 2.05) is 30.3 Å². The molecule has 2 aromatic rings. The van der Waals surface area contributed by atoms with Crippen molar-refractivity contribution in [2.24, 2.45) is 5.92 Å². The van der Waals surface area contributed by atoms with Gasteiger partial charge in [0.2, 0.25) is 0 Å². The van der Waals surface area contributed by atoms with Crippen LogP contribution in [-0.2, 0) is 10.2 Å². The minimum absolute atomic E-state index is 0.209. The summed E-state index contributed by atoms with van der Waals surface area (Å²) in [6.45, 7) is 0. The number of ether oxygens (including phenoxy) is 2. The number of methoxy groups -OCH3 is 1. The van der Waals surface area contributed by atoms with Crippen LogP contribution in [0.1, 0.15) is 62.5 Å². The van der Waals surface area contributed by atoms with Crippen molar-refractivity contribution in [2.45, 2.75) is 62.9 Å². The van der Waals surface area contributed by atoms with Gasteiger partial charge in [-0.2, -0.15) is 0 Å². The monoisotopic (exact) mass is 419 g/mol. The first kappa shape index (κ1) is 21.2. The van der Waals surface area contributed by atoms with Crippen LogP contribution in [-0.4, -0.2) is 29.3 Å². The number of carboxylic acid groups (broad SMARTS) is 1. The van der Waals surface area contributed by atoms with Crippen molar-refractivity contribution in [3.05, 3.63) is 53.9 Å². The van der Waals surface area contributed by atoms with Gasteiger partial charge in [-0.1, -0.05) is 24.3 Å². The number of nitrogens with zero attached hydrogens (tertiary/aromatic N) is 1. The lowest BCUT2D eigenvalue weighted by Gasteiger charge is -2.36. The molecule has 5 heteroatoms. The highest BCUT2D eigenvalue weighted by molar-refractivity contribution is 5.70. The predicted molar refractivity (Wildman–Crippen MR) is 118 cm³/mol. The standard InChI is InChI=1S/C26H29NO4/c1-30-23-9-8-21(17-24(23)31-22-6-2-3-7-22)26(13-4-5-20(18-26)25(28)29)14-10-19-11-15-27-16-12-19/h8-9,11-12,15-17,20,22H,2-7,13,18H2,1H3,(H,28,29)/t20-,26+/m1/s1. The second kappa shape index (κ2) is 9.43. The van der Waals surface area contributed by atoms with Crippen molar-refractivity contribution < 1.29 is 19.4 Å². The molecule has 2 saturated carbocycles. The van der Waals surface area contributed by atoms with Crippen molar-refractivity contribution >= 4 is 5.97 Å². The second-order valence-electron chi connectivity index (χ2n) is 8.59. The third-order valence-electron chi connectivity index (χ3n) is 6.54. The van der Waals surface area contributed by atoms with Crippen LogP contribution in [0.4, 0.5) is 0 Å². The number of benzene rings is 1. The Labute approximate surface area is 183 Å². The molecule has 0 spiro atoms. The van der Waals surface area contributed by atoms with E-state index in [2.05, 4.69) is 16.8 Å². The Bertz CT molecular complexity index is 972. The van der Waals surface area contributed by atoms with Crippen molar-refractivity contribution in [3.63, 3.8) is 0 Å². The van der Waals surface area contributed by atoms with Gasteiger partial charge in [0.05, 0.1) is 24.5 Å². The summed E-state index contributed by atoms with van der Waals surface area (Å²) < 4.78 is 11.9. The normalized spacial score (nSPS) is 23.6. The van der Waals surface area contributed by atoms with E-state index in [9.17, 15) is 9.90 Å². The van der Waals surface area contributed by atoms with Crippen molar-refractivity contribution in [2.75, 3.05) is 7.11 Å². The summed E-state index contributed by atoms with van der Waals surface area (Å²) in [5, 5.41) is 9.73. The lowest BCUT2D eigenvalue weighted by atomic mass is 9.66. The number of aromatic nitrogens is 1. The van der Waals surface area contributed by atoms with Crippen molar-refractivity contribution in [1.82, 2.24) is 4.98 Å². The molecule has 2 fully saturated rings. The molecule has 2 aliphatic carbocycles. The molecule has 0 aliphatic heterocycles. The quantitative estimate of drug-likeness (QED) is 0.693. The van der Waals surface area contributed by atoms with Gasteiger partial charge < -0.3 is 14.6 Å². The number of hydrogen-bond acceptors (Lipinski definition) is 4. The third kappa shape index (κ3) is 4.85. The van der Waals surface area contributed by atoms with E-state index >= 15 is 0 Å². The smallest absolute Gasteiger partial charge is 0.306 e. The SMILES string of the molecule is COc1ccc([C@]2(C#Cc3ccncc3)CCC[C@@H](C(=O)O)C2)cc1OC1CCCC1. The molecule has 162 valence electrons. The summed E-state index contributed by atoms with van der Waals surface area (Å²) in [5.74, 6) is 7.04. The molecule has 1 aromatic heterocycles. The summed E-state index contributed by atoms with van der Waals surface area (Å²) in [5.41, 5.74) is 1.35. The fourth-order valence-electron chi connectivity index (χ4n) is 4.81. The Morgan fingerprint density at radius 1 is 1.10 bits per heavy atom. The zero-order chi connectivity index (χ0) is 21.7. The zero-order valence-electron chi connectivity index (χ0n) is 18.0. The van der Waals surface area contributed by atoms with Gasteiger partial charge in [-0.15, -0.1) is 0 Å². The minimum Gasteiger partial charge on any atom is -0.493 e. The first-order valence-corrected chi connectivity index (χ1v) is 11.1. The van der Waals surface area contributed by atoms with Gasteiger partial charge in [0, 0.05) is 18.0 Å². The van der Waals surface area contributed by atoms with E-state index in [1.165, 1.54) is 12.8 Å². The number of pyridine rings is 1. The van der Waals surface area contributed by atoms with Gasteiger partial charge >= 0.3 is 5.97 Å². The van der Waals surface area contributed by atoms with Gasteiger partial charge in [-0.05, 0) is 74.8 Å². The van der Waals surface area contributed by atoms with Crippen molar-refractivity contribution in [1.29, 1.82) is 0 Å². The van der Waals surface area contributed by atoms with E-state index in [0.717, 1.165) is 42.6 Å². The van der Waals surface area contributed by atoms with Gasteiger partial charge in [-0.25, -0.2) is 0 Å². The van der Waals surface area contributed by atoms with Crippen molar-refractivity contribution in [3.8, 4) is 23.3 Å². The fourth-order valence-corrected chi connectivity index (χ4v) is 4.81. The van der Waals surface area contributed by atoms with E-state index in [0.29, 0.717) is 18.6 Å². The summed E-state index contributed by atoms with van der Waals surface area (Å²) in [7, 11) is 1.65. The number of rotatable bonds is 5. The van der Waals surface area contributed by atoms with Gasteiger partial charge in [0.1, 0.15) is 0 Å². The van der Waals surface area contributed by atoms with Crippen LogP contribution in [0.25, 0.3) is 0 Å². The maximum atomic E-state index is 11.8. The van der Waals surface area contributed by atoms with Crippen LogP contribution >= 0.6 is 0 Å². The number of aliphatic carboxylic acids is 1. The van der Waals surface area contributed by atoms with E-state index in [-0.39, 0.29) is 6.10 Å². The van der Waals surface area contributed by atoms with Crippen LogP contribution in [0.3, 0.4) is 0 Å². The fraction of sp³-hybridized carbons (Fsp3) is 0.462. The largest absolute Gasteiger partial charge is 0.493 e. The average molecular weight is 420 g/mol. The Hall–Kier alpha value is -3.00. The molecule has 1 N–H and O–H groups in total. The van der Waals surface area contributed by atoms with E-state index < -0.39 is 17.3 Å². The summed E-state index contributed by atoms with van der Waals surface area (Å²) in [6, 6.07) is 9.73. The molecule has 5 nitrogen and oxygen atoms in total. The van der Waals surface area contributed by atoms with E-state index in [1.54, 1.807) is 19.5 Å². The molecule has 0 saturated heterocycles. The van der Waals surface area contributed by atoms with Gasteiger partial charge in [0.15, 0.2) is 11.5 Å². The maximum absolute atomic E-state index is 11.8. The lowest BCUT2D eigenvalue weighted by Crippen LogP contribution is -2.35. The molecule has 0 radical (unpaired) electrons. The topological polar surface area (TPSA) is 68.7 Å². The molecule has 0 bridgehead atoms. The molecule has 1 heterocycles. The number of carboxylic acids is 1. The lowest BCUT2D eigenvalue weighted by molar-refractivity contribution is -0.143. The molecule has 4 rings (SSSR count). The highest BCUT2D eigenvalue weighted by Crippen LogP contribution is 2.44. The first-order chi connectivity index (χ1) is 15.1. The van der Waals surface area contributed by atoms with E-state index in [4.69, 9.17) is 9.47 Å². The van der Waals surface area contributed by atoms with Crippen LogP contribution in [0.5, 0.6) is 11.5 Å². The molecular weight excluding hydrogens is 390 g/mol. The highest BCUT2D eigenvalue weighted by atomic mass is 16.5. The number of hydrogen-bond donors (Lipinski definition) is 1. The molecule has 2 atom stereocenters. The maximum Gasteiger partial charge on any atom is 0.306 e. The second-order valence-corrected chi connectivity index (χ2v) is 8.59. The van der Waals surface area contributed by atoms with Crippen LogP contribution in [0, 0.1) is 17.8 Å². The Morgan fingerprint density at radius 3 is 2.58 bits per heavy atom. The Morgan fingerprint density at radius 2 is 1.87 bits per heavy atom. The minimum atomic E-state index is -0.745. The third-order valence-corrected chi connectivity index (χ3v) is 6.54. The summed E-state index contributed by atoms with van der Waals surface area (Å²) in [4.78, 5) is 15.9. The molecule has 2 aliphatic rings. The molecule has 31 heavy (non-hydrogen) atoms. The van der Waals surface area contributed by atoms with Crippen LogP contribution in [0.15, 0.2) is 42.7 Å². The Kier molecular flexibility index (Phi) is 6.46. The number of carbonyl (C=O) groups is 1. The average Bonchev–Trinajstić information content (AvgIpc) is 3.31. The van der Waals surface area contributed by atoms with Gasteiger partial charge in [-0.3, -0.25) is 9.78 Å². The molecular formula is C26H29NO4. The molecule has 0 amide bonds. The molecule has 0 unspecified atom stereocenters. The Balaban J connectivity index is 1.74. The highest BCUT2D eigenvalue weighted by Gasteiger charge is 2.40.